The second-order valence-electron chi connectivity index (χ2n) is 9.84. The summed E-state index contributed by atoms with van der Waals surface area (Å²) >= 11 is 1.14. The van der Waals surface area contributed by atoms with Crippen LogP contribution in [0.2, 0.25) is 0 Å². The fraction of sp³-hybridized carbons (Fsp3) is 0.281. The molecule has 4 aromatic rings. The molecule has 248 valence electrons. The zero-order valence-corrected chi connectivity index (χ0v) is 28.1. The molecule has 3 aromatic carbocycles. The van der Waals surface area contributed by atoms with Crippen molar-refractivity contribution in [2.75, 3.05) is 37.9 Å². The number of hydrogen-bond acceptors (Lipinski definition) is 10. The Kier molecular flexibility index (Phi) is 12.1. The molecule has 0 saturated carbocycles. The van der Waals surface area contributed by atoms with Gasteiger partial charge in [-0.25, -0.2) is 13.2 Å². The number of aromatic nitrogens is 3. The summed E-state index contributed by atoms with van der Waals surface area (Å²) in [7, 11) is -2.13. The van der Waals surface area contributed by atoms with E-state index in [1.807, 2.05) is 12.1 Å². The van der Waals surface area contributed by atoms with Gasteiger partial charge in [0.25, 0.3) is 5.91 Å². The molecule has 2 N–H and O–H groups in total. The Labute approximate surface area is 277 Å². The maximum absolute atomic E-state index is 13.0. The van der Waals surface area contributed by atoms with E-state index in [0.717, 1.165) is 11.8 Å². The molecule has 1 aromatic heterocycles. The predicted molar refractivity (Wildman–Crippen MR) is 177 cm³/mol. The monoisotopic (exact) mass is 680 g/mol. The number of carbonyl (C=O) groups excluding carboxylic acids is 3. The van der Waals surface area contributed by atoms with E-state index in [2.05, 4.69) is 20.8 Å². The van der Waals surface area contributed by atoms with Gasteiger partial charge in [-0.05, 0) is 67.6 Å². The van der Waals surface area contributed by atoms with Crippen molar-refractivity contribution in [2.45, 2.75) is 37.4 Å². The van der Waals surface area contributed by atoms with Gasteiger partial charge in [0.15, 0.2) is 11.0 Å². The highest BCUT2D eigenvalue weighted by Gasteiger charge is 2.23. The Balaban J connectivity index is 1.48. The van der Waals surface area contributed by atoms with E-state index >= 15 is 0 Å². The minimum absolute atomic E-state index is 0.0119. The molecule has 13 nitrogen and oxygen atoms in total. The third kappa shape index (κ3) is 8.55. The zero-order valence-electron chi connectivity index (χ0n) is 26.4. The SMILES string of the molecule is CCOC(=O)c1ccc(NC(=O)CSc2nnc(CNC(=O)c3ccc(S(=O)(=O)N(CC)CC)cc3)n2-c2ccccc2OC)cc1. The number of nitrogens with zero attached hydrogens (tertiary/aromatic N) is 4. The van der Waals surface area contributed by atoms with Crippen molar-refractivity contribution >= 4 is 45.3 Å². The van der Waals surface area contributed by atoms with Gasteiger partial charge in [0, 0.05) is 24.3 Å². The van der Waals surface area contributed by atoms with Gasteiger partial charge < -0.3 is 20.1 Å². The van der Waals surface area contributed by atoms with Crippen molar-refractivity contribution in [1.29, 1.82) is 0 Å². The minimum atomic E-state index is -3.66. The molecule has 0 spiro atoms. The highest BCUT2D eigenvalue weighted by Crippen LogP contribution is 2.29. The van der Waals surface area contributed by atoms with Crippen molar-refractivity contribution < 1.29 is 32.3 Å². The normalized spacial score (nSPS) is 11.3. The predicted octanol–water partition coefficient (Wildman–Crippen LogP) is 4.14. The summed E-state index contributed by atoms with van der Waals surface area (Å²) in [5.41, 5.74) is 1.77. The third-order valence-corrected chi connectivity index (χ3v) is 9.90. The molecule has 47 heavy (non-hydrogen) atoms. The molecule has 4 rings (SSSR count). The summed E-state index contributed by atoms with van der Waals surface area (Å²) in [6.07, 6.45) is 0. The molecule has 0 atom stereocenters. The molecule has 0 unspecified atom stereocenters. The first-order chi connectivity index (χ1) is 22.6. The number of ether oxygens (including phenoxy) is 2. The van der Waals surface area contributed by atoms with Crippen LogP contribution in [0.25, 0.3) is 5.69 Å². The zero-order chi connectivity index (χ0) is 34.0. The van der Waals surface area contributed by atoms with Crippen LogP contribution in [0.5, 0.6) is 5.75 Å². The van der Waals surface area contributed by atoms with Crippen molar-refractivity contribution in [3.05, 3.63) is 89.7 Å². The van der Waals surface area contributed by atoms with Crippen LogP contribution in [0, 0.1) is 0 Å². The highest BCUT2D eigenvalue weighted by molar-refractivity contribution is 7.99. The standard InChI is InChI=1S/C32H36N6O7S2/c1-5-37(6-2)47(42,43)25-18-14-22(15-19-25)30(40)33-20-28-35-36-32(38(28)26-10-8-9-11-27(26)44-4)46-21-29(39)34-24-16-12-23(13-17-24)31(41)45-7-3/h8-19H,5-7,20-21H2,1-4H3,(H,33,40)(H,34,39). The van der Waals surface area contributed by atoms with Gasteiger partial charge >= 0.3 is 5.97 Å². The summed E-state index contributed by atoms with van der Waals surface area (Å²) in [6, 6.07) is 19.3. The molecule has 0 aliphatic rings. The number of methoxy groups -OCH3 is 1. The van der Waals surface area contributed by atoms with E-state index in [1.54, 1.807) is 61.7 Å². The molecular weight excluding hydrogens is 645 g/mol. The number of para-hydroxylation sites is 2. The Morgan fingerprint density at radius 3 is 2.19 bits per heavy atom. The van der Waals surface area contributed by atoms with Crippen LogP contribution in [0.3, 0.4) is 0 Å². The number of benzene rings is 3. The fourth-order valence-corrected chi connectivity index (χ4v) is 6.77. The second kappa shape index (κ2) is 16.2. The van der Waals surface area contributed by atoms with Gasteiger partial charge in [-0.15, -0.1) is 10.2 Å². The first-order valence-corrected chi connectivity index (χ1v) is 17.2. The lowest BCUT2D eigenvalue weighted by molar-refractivity contribution is -0.113. The first kappa shape index (κ1) is 35.1. The van der Waals surface area contributed by atoms with E-state index in [9.17, 15) is 22.8 Å². The highest BCUT2D eigenvalue weighted by atomic mass is 32.2. The molecular formula is C32H36N6O7S2. The summed E-state index contributed by atoms with van der Waals surface area (Å²) in [5, 5.41) is 14.6. The van der Waals surface area contributed by atoms with Crippen LogP contribution in [0.15, 0.2) is 82.8 Å². The molecule has 1 heterocycles. The summed E-state index contributed by atoms with van der Waals surface area (Å²) < 4.78 is 39.2. The maximum atomic E-state index is 13.0. The molecule has 0 aliphatic carbocycles. The van der Waals surface area contributed by atoms with Crippen LogP contribution >= 0.6 is 11.8 Å². The Morgan fingerprint density at radius 2 is 1.55 bits per heavy atom. The molecule has 0 aliphatic heterocycles. The maximum Gasteiger partial charge on any atom is 0.338 e. The number of anilines is 1. The number of esters is 1. The lowest BCUT2D eigenvalue weighted by Crippen LogP contribution is -2.30. The fourth-order valence-electron chi connectivity index (χ4n) is 4.55. The molecule has 0 radical (unpaired) electrons. The average molecular weight is 681 g/mol. The van der Waals surface area contributed by atoms with Crippen molar-refractivity contribution in [3.8, 4) is 11.4 Å². The number of amides is 2. The van der Waals surface area contributed by atoms with E-state index in [1.165, 1.54) is 35.7 Å². The van der Waals surface area contributed by atoms with Crippen LogP contribution in [-0.2, 0) is 26.1 Å². The third-order valence-electron chi connectivity index (χ3n) is 6.91. The Morgan fingerprint density at radius 1 is 0.894 bits per heavy atom. The van der Waals surface area contributed by atoms with Gasteiger partial charge in [0.05, 0.1) is 42.2 Å². The topological polar surface area (TPSA) is 162 Å². The number of hydrogen-bond donors (Lipinski definition) is 2. The molecule has 0 bridgehead atoms. The molecule has 2 amide bonds. The summed E-state index contributed by atoms with van der Waals surface area (Å²) in [4.78, 5) is 37.9. The average Bonchev–Trinajstić information content (AvgIpc) is 3.49. The van der Waals surface area contributed by atoms with E-state index in [-0.39, 0.29) is 35.3 Å². The van der Waals surface area contributed by atoms with Crippen LogP contribution < -0.4 is 15.4 Å². The van der Waals surface area contributed by atoms with Gasteiger partial charge in [-0.3, -0.25) is 14.2 Å². The molecule has 0 saturated heterocycles. The molecule has 15 heteroatoms. The number of thioether (sulfide) groups is 1. The Hall–Kier alpha value is -4.73. The summed E-state index contributed by atoms with van der Waals surface area (Å²) in [6.45, 7) is 6.17. The lowest BCUT2D eigenvalue weighted by Gasteiger charge is -2.18. The van der Waals surface area contributed by atoms with Crippen LogP contribution in [0.1, 0.15) is 47.3 Å². The number of nitrogens with one attached hydrogen (secondary N) is 2. The van der Waals surface area contributed by atoms with E-state index in [4.69, 9.17) is 9.47 Å². The summed E-state index contributed by atoms with van der Waals surface area (Å²) in [5.74, 6) is -0.299. The van der Waals surface area contributed by atoms with Gasteiger partial charge in [0.2, 0.25) is 15.9 Å². The smallest absolute Gasteiger partial charge is 0.338 e. The minimum Gasteiger partial charge on any atom is -0.495 e. The molecule has 0 fully saturated rings. The quantitative estimate of drug-likeness (QED) is 0.138. The van der Waals surface area contributed by atoms with Crippen molar-refractivity contribution in [1.82, 2.24) is 24.4 Å². The van der Waals surface area contributed by atoms with E-state index in [0.29, 0.717) is 46.8 Å². The Bertz CT molecular complexity index is 1810. The van der Waals surface area contributed by atoms with Gasteiger partial charge in [0.1, 0.15) is 5.75 Å². The van der Waals surface area contributed by atoms with E-state index < -0.39 is 21.9 Å². The first-order valence-electron chi connectivity index (χ1n) is 14.8. The second-order valence-corrected chi connectivity index (χ2v) is 12.7. The number of carbonyl (C=O) groups is 3. The number of rotatable bonds is 15. The number of sulfonamides is 1. The van der Waals surface area contributed by atoms with Crippen LogP contribution in [0.4, 0.5) is 5.69 Å². The van der Waals surface area contributed by atoms with Gasteiger partial charge in [-0.1, -0.05) is 37.7 Å². The van der Waals surface area contributed by atoms with Crippen molar-refractivity contribution in [3.63, 3.8) is 0 Å². The lowest BCUT2D eigenvalue weighted by atomic mass is 10.2. The largest absolute Gasteiger partial charge is 0.495 e. The van der Waals surface area contributed by atoms with Gasteiger partial charge in [-0.2, -0.15) is 4.31 Å². The van der Waals surface area contributed by atoms with Crippen LogP contribution in [-0.4, -0.2) is 77.8 Å². The van der Waals surface area contributed by atoms with Crippen molar-refractivity contribution in [2.24, 2.45) is 0 Å².